The summed E-state index contributed by atoms with van der Waals surface area (Å²) in [4.78, 5) is 36.8. The van der Waals surface area contributed by atoms with Crippen LogP contribution in [0.1, 0.15) is 25.0 Å². The number of nitrogens with one attached hydrogen (secondary N) is 2. The molecule has 0 radical (unpaired) electrons. The van der Waals surface area contributed by atoms with Crippen LogP contribution < -0.4 is 15.4 Å². The minimum absolute atomic E-state index is 0.163. The predicted molar refractivity (Wildman–Crippen MR) is 113 cm³/mol. The Labute approximate surface area is 176 Å². The molecule has 0 saturated carbocycles. The van der Waals surface area contributed by atoms with E-state index < -0.39 is 24.5 Å². The largest absolute Gasteiger partial charge is 0.496 e. The van der Waals surface area contributed by atoms with Gasteiger partial charge in [0.15, 0.2) is 6.61 Å². The lowest BCUT2D eigenvalue weighted by Gasteiger charge is -2.21. The number of rotatable bonds is 10. The Hall–Kier alpha value is -3.35. The van der Waals surface area contributed by atoms with Crippen LogP contribution in [0.15, 0.2) is 54.6 Å². The molecule has 2 aromatic rings. The van der Waals surface area contributed by atoms with Crippen molar-refractivity contribution in [1.29, 1.82) is 0 Å². The van der Waals surface area contributed by atoms with E-state index in [4.69, 9.17) is 9.47 Å². The van der Waals surface area contributed by atoms with Crippen LogP contribution in [0.5, 0.6) is 5.75 Å². The zero-order valence-electron chi connectivity index (χ0n) is 17.5. The van der Waals surface area contributed by atoms with E-state index >= 15 is 0 Å². The van der Waals surface area contributed by atoms with Gasteiger partial charge in [0.05, 0.1) is 13.5 Å². The molecule has 0 aliphatic rings. The highest BCUT2D eigenvalue weighted by Crippen LogP contribution is 2.16. The van der Waals surface area contributed by atoms with Gasteiger partial charge in [-0.1, -0.05) is 62.4 Å². The Morgan fingerprint density at radius 1 is 0.933 bits per heavy atom. The Bertz CT molecular complexity index is 852. The smallest absolute Gasteiger partial charge is 0.329 e. The van der Waals surface area contributed by atoms with Gasteiger partial charge in [0.2, 0.25) is 5.91 Å². The Kier molecular flexibility index (Phi) is 8.87. The van der Waals surface area contributed by atoms with Gasteiger partial charge in [-0.15, -0.1) is 0 Å². The molecule has 2 amide bonds. The molecule has 1 atom stereocenters. The number of methoxy groups -OCH3 is 1. The van der Waals surface area contributed by atoms with Crippen LogP contribution >= 0.6 is 0 Å². The van der Waals surface area contributed by atoms with Crippen molar-refractivity contribution in [2.45, 2.75) is 32.9 Å². The highest BCUT2D eigenvalue weighted by Gasteiger charge is 2.26. The fourth-order valence-corrected chi connectivity index (χ4v) is 2.82. The zero-order valence-corrected chi connectivity index (χ0v) is 17.5. The summed E-state index contributed by atoms with van der Waals surface area (Å²) in [7, 11) is 1.56. The zero-order chi connectivity index (χ0) is 21.9. The van der Waals surface area contributed by atoms with Gasteiger partial charge in [-0.25, -0.2) is 4.79 Å². The lowest BCUT2D eigenvalue weighted by Crippen LogP contribution is -2.46. The van der Waals surface area contributed by atoms with E-state index in [1.165, 1.54) is 0 Å². The van der Waals surface area contributed by atoms with Crippen LogP contribution in [0, 0.1) is 5.92 Å². The number of para-hydroxylation sites is 1. The Balaban J connectivity index is 1.82. The first-order valence-corrected chi connectivity index (χ1v) is 9.79. The highest BCUT2D eigenvalue weighted by atomic mass is 16.5. The lowest BCUT2D eigenvalue weighted by atomic mass is 10.0. The molecule has 7 heteroatoms. The number of carbonyl (C=O) groups excluding carboxylic acids is 3. The minimum atomic E-state index is -0.830. The maximum Gasteiger partial charge on any atom is 0.329 e. The summed E-state index contributed by atoms with van der Waals surface area (Å²) in [5.41, 5.74) is 1.66. The molecule has 160 valence electrons. The van der Waals surface area contributed by atoms with E-state index in [2.05, 4.69) is 10.6 Å². The van der Waals surface area contributed by atoms with E-state index in [0.717, 1.165) is 11.1 Å². The number of hydrogen-bond acceptors (Lipinski definition) is 5. The monoisotopic (exact) mass is 412 g/mol. The van der Waals surface area contributed by atoms with Crippen molar-refractivity contribution in [3.8, 4) is 5.75 Å². The average molecular weight is 412 g/mol. The molecule has 0 heterocycles. The van der Waals surface area contributed by atoms with Crippen LogP contribution in [-0.2, 0) is 32.1 Å². The molecule has 30 heavy (non-hydrogen) atoms. The first kappa shape index (κ1) is 22.9. The second kappa shape index (κ2) is 11.6. The number of esters is 1. The number of ether oxygens (including phenoxy) is 2. The summed E-state index contributed by atoms with van der Waals surface area (Å²) in [5.74, 6) is -0.881. The molecule has 0 aromatic heterocycles. The van der Waals surface area contributed by atoms with Crippen LogP contribution in [0.2, 0.25) is 0 Å². The van der Waals surface area contributed by atoms with Gasteiger partial charge in [-0.3, -0.25) is 9.59 Å². The van der Waals surface area contributed by atoms with Gasteiger partial charge < -0.3 is 20.1 Å². The van der Waals surface area contributed by atoms with Gasteiger partial charge >= 0.3 is 5.97 Å². The van der Waals surface area contributed by atoms with E-state index in [1.807, 2.05) is 48.5 Å². The highest BCUT2D eigenvalue weighted by molar-refractivity contribution is 5.87. The lowest BCUT2D eigenvalue weighted by molar-refractivity contribution is -0.152. The van der Waals surface area contributed by atoms with E-state index in [9.17, 15) is 14.4 Å². The molecule has 2 N–H and O–H groups in total. The van der Waals surface area contributed by atoms with Crippen molar-refractivity contribution in [2.24, 2.45) is 5.92 Å². The van der Waals surface area contributed by atoms with Gasteiger partial charge in [0.25, 0.3) is 5.91 Å². The number of carbonyl (C=O) groups is 3. The van der Waals surface area contributed by atoms with E-state index in [-0.39, 0.29) is 24.8 Å². The van der Waals surface area contributed by atoms with E-state index in [0.29, 0.717) is 5.75 Å². The first-order valence-electron chi connectivity index (χ1n) is 9.79. The van der Waals surface area contributed by atoms with Gasteiger partial charge in [-0.05, 0) is 17.5 Å². The minimum Gasteiger partial charge on any atom is -0.496 e. The molecular formula is C23H28N2O5. The second-order valence-corrected chi connectivity index (χ2v) is 7.15. The quantitative estimate of drug-likeness (QED) is 0.584. The maximum absolute atomic E-state index is 12.4. The predicted octanol–water partition coefficient (Wildman–Crippen LogP) is 2.24. The Morgan fingerprint density at radius 3 is 2.27 bits per heavy atom. The first-order chi connectivity index (χ1) is 14.4. The van der Waals surface area contributed by atoms with Crippen molar-refractivity contribution in [3.63, 3.8) is 0 Å². The topological polar surface area (TPSA) is 93.7 Å². The molecule has 2 aromatic carbocycles. The second-order valence-electron chi connectivity index (χ2n) is 7.15. The number of benzene rings is 2. The Morgan fingerprint density at radius 2 is 1.60 bits per heavy atom. The molecule has 0 fully saturated rings. The number of hydrogen-bond donors (Lipinski definition) is 2. The third-order valence-electron chi connectivity index (χ3n) is 4.46. The summed E-state index contributed by atoms with van der Waals surface area (Å²) in [5, 5.41) is 5.39. The molecule has 0 saturated heterocycles. The third kappa shape index (κ3) is 7.24. The van der Waals surface area contributed by atoms with Crippen LogP contribution in [-0.4, -0.2) is 37.5 Å². The molecular weight excluding hydrogens is 384 g/mol. The fraction of sp³-hybridized carbons (Fsp3) is 0.348. The van der Waals surface area contributed by atoms with E-state index in [1.54, 1.807) is 27.0 Å². The van der Waals surface area contributed by atoms with Crippen LogP contribution in [0.4, 0.5) is 0 Å². The molecule has 7 nitrogen and oxygen atoms in total. The van der Waals surface area contributed by atoms with Crippen molar-refractivity contribution in [2.75, 3.05) is 13.7 Å². The summed E-state index contributed by atoms with van der Waals surface area (Å²) in [6.45, 7) is 3.43. The van der Waals surface area contributed by atoms with Crippen molar-refractivity contribution in [3.05, 3.63) is 65.7 Å². The maximum atomic E-state index is 12.4. The molecule has 0 aliphatic carbocycles. The van der Waals surface area contributed by atoms with Crippen molar-refractivity contribution < 1.29 is 23.9 Å². The average Bonchev–Trinajstić information content (AvgIpc) is 2.75. The van der Waals surface area contributed by atoms with Crippen molar-refractivity contribution >= 4 is 17.8 Å². The SMILES string of the molecule is COc1ccccc1CNC(=O)COC(=O)C(NC(=O)Cc1ccccc1)C(C)C. The summed E-state index contributed by atoms with van der Waals surface area (Å²) in [6, 6.07) is 15.7. The van der Waals surface area contributed by atoms with Gasteiger partial charge in [0.1, 0.15) is 11.8 Å². The van der Waals surface area contributed by atoms with Gasteiger partial charge in [0, 0.05) is 12.1 Å². The fourth-order valence-electron chi connectivity index (χ4n) is 2.82. The number of amides is 2. The van der Waals surface area contributed by atoms with Crippen LogP contribution in [0.3, 0.4) is 0 Å². The standard InChI is InChI=1S/C23H28N2O5/c1-16(2)22(25-20(26)13-17-9-5-4-6-10-17)23(28)30-15-21(27)24-14-18-11-7-8-12-19(18)29-3/h4-12,16,22H,13-15H2,1-3H3,(H,24,27)(H,25,26). The summed E-state index contributed by atoms with van der Waals surface area (Å²) >= 11 is 0. The molecule has 0 aliphatic heterocycles. The summed E-state index contributed by atoms with van der Waals surface area (Å²) in [6.07, 6.45) is 0.163. The summed E-state index contributed by atoms with van der Waals surface area (Å²) < 4.78 is 10.4. The normalized spacial score (nSPS) is 11.5. The van der Waals surface area contributed by atoms with Crippen LogP contribution in [0.25, 0.3) is 0 Å². The molecule has 0 spiro atoms. The van der Waals surface area contributed by atoms with Crippen molar-refractivity contribution in [1.82, 2.24) is 10.6 Å². The molecule has 1 unspecified atom stereocenters. The molecule has 0 bridgehead atoms. The third-order valence-corrected chi connectivity index (χ3v) is 4.46. The molecule has 2 rings (SSSR count). The van der Waals surface area contributed by atoms with Gasteiger partial charge in [-0.2, -0.15) is 0 Å².